The van der Waals surface area contributed by atoms with Gasteiger partial charge in [0.05, 0.1) is 5.52 Å². The Morgan fingerprint density at radius 2 is 1.90 bits per heavy atom. The molecular formula is C15H21N3O2S. The van der Waals surface area contributed by atoms with Gasteiger partial charge in [0.15, 0.2) is 0 Å². The molecule has 0 saturated carbocycles. The molecule has 0 amide bonds. The summed E-state index contributed by atoms with van der Waals surface area (Å²) in [6.45, 7) is 3.97. The summed E-state index contributed by atoms with van der Waals surface area (Å²) < 4.78 is 27.2. The van der Waals surface area contributed by atoms with Crippen LogP contribution in [0.25, 0.3) is 10.9 Å². The molecule has 0 atom stereocenters. The molecule has 5 nitrogen and oxygen atoms in total. The summed E-state index contributed by atoms with van der Waals surface area (Å²) in [5.74, 6) is 0. The first kappa shape index (κ1) is 15.7. The Kier molecular flexibility index (Phi) is 4.49. The van der Waals surface area contributed by atoms with Gasteiger partial charge in [-0.1, -0.05) is 13.8 Å². The number of rotatable bonds is 5. The van der Waals surface area contributed by atoms with Crippen LogP contribution in [0.3, 0.4) is 0 Å². The van der Waals surface area contributed by atoms with Gasteiger partial charge in [-0.15, -0.1) is 0 Å². The summed E-state index contributed by atoms with van der Waals surface area (Å²) in [6.07, 6.45) is 3.12. The minimum Gasteiger partial charge on any atom is -0.398 e. The molecule has 2 aromatic rings. The molecule has 0 unspecified atom stereocenters. The second kappa shape index (κ2) is 5.99. The first-order valence-corrected chi connectivity index (χ1v) is 8.48. The highest BCUT2D eigenvalue weighted by atomic mass is 32.2. The van der Waals surface area contributed by atoms with Crippen LogP contribution in [0.4, 0.5) is 5.69 Å². The Morgan fingerprint density at radius 1 is 1.24 bits per heavy atom. The van der Waals surface area contributed by atoms with Gasteiger partial charge in [-0.05, 0) is 37.1 Å². The molecule has 6 heteroatoms. The van der Waals surface area contributed by atoms with E-state index in [1.54, 1.807) is 37.5 Å². The topological polar surface area (TPSA) is 76.3 Å². The Hall–Kier alpha value is -1.66. The smallest absolute Gasteiger partial charge is 0.245 e. The van der Waals surface area contributed by atoms with E-state index in [0.29, 0.717) is 16.6 Å². The fraction of sp³-hybridized carbons (Fsp3) is 0.400. The number of anilines is 1. The third-order valence-corrected chi connectivity index (χ3v) is 5.82. The summed E-state index contributed by atoms with van der Waals surface area (Å²) in [6, 6.07) is 6.68. The minimum atomic E-state index is -3.59. The number of fused-ring (bicyclic) bond motifs is 1. The quantitative estimate of drug-likeness (QED) is 0.862. The summed E-state index contributed by atoms with van der Waals surface area (Å²) in [7, 11) is -1.97. The van der Waals surface area contributed by atoms with E-state index in [0.717, 1.165) is 12.8 Å². The third-order valence-electron chi connectivity index (χ3n) is 3.88. The molecule has 1 heterocycles. The van der Waals surface area contributed by atoms with Gasteiger partial charge < -0.3 is 5.73 Å². The van der Waals surface area contributed by atoms with Gasteiger partial charge in [-0.3, -0.25) is 4.98 Å². The van der Waals surface area contributed by atoms with E-state index in [-0.39, 0.29) is 10.9 Å². The third kappa shape index (κ3) is 2.73. The van der Waals surface area contributed by atoms with Crippen LogP contribution in [0.1, 0.15) is 26.7 Å². The maximum absolute atomic E-state index is 12.9. The van der Waals surface area contributed by atoms with Crippen molar-refractivity contribution in [2.24, 2.45) is 0 Å². The lowest BCUT2D eigenvalue weighted by Crippen LogP contribution is -2.36. The van der Waals surface area contributed by atoms with E-state index in [2.05, 4.69) is 4.98 Å². The largest absolute Gasteiger partial charge is 0.398 e. The number of nitrogens with zero attached hydrogens (tertiary/aromatic N) is 2. The zero-order valence-corrected chi connectivity index (χ0v) is 13.4. The van der Waals surface area contributed by atoms with E-state index < -0.39 is 10.0 Å². The number of nitrogen functional groups attached to an aromatic ring is 1. The number of nitrogens with two attached hydrogens (primary N) is 1. The number of hydrogen-bond acceptors (Lipinski definition) is 4. The van der Waals surface area contributed by atoms with E-state index >= 15 is 0 Å². The molecule has 0 fully saturated rings. The fourth-order valence-electron chi connectivity index (χ4n) is 2.53. The van der Waals surface area contributed by atoms with Gasteiger partial charge in [0, 0.05) is 30.4 Å². The van der Waals surface area contributed by atoms with Crippen LogP contribution < -0.4 is 5.73 Å². The van der Waals surface area contributed by atoms with Gasteiger partial charge in [-0.2, -0.15) is 4.31 Å². The fourth-order valence-corrected chi connectivity index (χ4v) is 4.18. The highest BCUT2D eigenvalue weighted by molar-refractivity contribution is 7.89. The van der Waals surface area contributed by atoms with Crippen LogP contribution in [0.5, 0.6) is 0 Å². The summed E-state index contributed by atoms with van der Waals surface area (Å²) in [5.41, 5.74) is 6.86. The first-order valence-electron chi connectivity index (χ1n) is 7.04. The standard InChI is InChI=1S/C15H21N3O2S/c1-4-11(5-2)18(3)21(19,20)14-9-8-13(16)12-7-6-10-17-15(12)14/h6-11H,4-5,16H2,1-3H3. The van der Waals surface area contributed by atoms with Crippen LogP contribution in [-0.4, -0.2) is 30.8 Å². The van der Waals surface area contributed by atoms with Crippen LogP contribution in [-0.2, 0) is 10.0 Å². The lowest BCUT2D eigenvalue weighted by atomic mass is 10.2. The van der Waals surface area contributed by atoms with E-state index in [1.165, 1.54) is 4.31 Å². The summed E-state index contributed by atoms with van der Waals surface area (Å²) >= 11 is 0. The Balaban J connectivity index is 2.63. The first-order chi connectivity index (χ1) is 9.93. The molecule has 2 N–H and O–H groups in total. The Bertz CT molecular complexity index is 740. The van der Waals surface area contributed by atoms with Crippen molar-refractivity contribution in [1.29, 1.82) is 0 Å². The number of aromatic nitrogens is 1. The molecule has 21 heavy (non-hydrogen) atoms. The predicted molar refractivity (Wildman–Crippen MR) is 85.5 cm³/mol. The molecule has 0 aliphatic heterocycles. The monoisotopic (exact) mass is 307 g/mol. The van der Waals surface area contributed by atoms with Gasteiger partial charge in [-0.25, -0.2) is 8.42 Å². The van der Waals surface area contributed by atoms with Crippen molar-refractivity contribution in [2.45, 2.75) is 37.6 Å². The van der Waals surface area contributed by atoms with Crippen molar-refractivity contribution in [3.05, 3.63) is 30.5 Å². The highest BCUT2D eigenvalue weighted by Crippen LogP contribution is 2.29. The maximum atomic E-state index is 12.9. The number of pyridine rings is 1. The summed E-state index contributed by atoms with van der Waals surface area (Å²) in [4.78, 5) is 4.43. The zero-order valence-electron chi connectivity index (χ0n) is 12.6. The van der Waals surface area contributed by atoms with Crippen LogP contribution in [0.2, 0.25) is 0 Å². The van der Waals surface area contributed by atoms with Crippen LogP contribution in [0, 0.1) is 0 Å². The molecule has 0 saturated heterocycles. The molecule has 114 valence electrons. The molecule has 2 rings (SSSR count). The molecule has 0 bridgehead atoms. The minimum absolute atomic E-state index is 0.0219. The van der Waals surface area contributed by atoms with Crippen LogP contribution >= 0.6 is 0 Å². The normalized spacial score (nSPS) is 12.4. The van der Waals surface area contributed by atoms with E-state index in [1.807, 2.05) is 13.8 Å². The maximum Gasteiger partial charge on any atom is 0.245 e. The molecule has 0 radical (unpaired) electrons. The van der Waals surface area contributed by atoms with Crippen molar-refractivity contribution in [2.75, 3.05) is 12.8 Å². The zero-order chi connectivity index (χ0) is 15.6. The van der Waals surface area contributed by atoms with Gasteiger partial charge in [0.25, 0.3) is 0 Å². The van der Waals surface area contributed by atoms with Gasteiger partial charge >= 0.3 is 0 Å². The van der Waals surface area contributed by atoms with E-state index in [4.69, 9.17) is 5.73 Å². The molecular weight excluding hydrogens is 286 g/mol. The van der Waals surface area contributed by atoms with Crippen molar-refractivity contribution >= 4 is 26.6 Å². The molecule has 0 aliphatic rings. The average molecular weight is 307 g/mol. The van der Waals surface area contributed by atoms with E-state index in [9.17, 15) is 8.42 Å². The van der Waals surface area contributed by atoms with Crippen molar-refractivity contribution in [1.82, 2.24) is 9.29 Å². The van der Waals surface area contributed by atoms with Crippen LogP contribution in [0.15, 0.2) is 35.4 Å². The molecule has 1 aromatic carbocycles. The highest BCUT2D eigenvalue weighted by Gasteiger charge is 2.28. The number of hydrogen-bond donors (Lipinski definition) is 1. The van der Waals surface area contributed by atoms with Crippen molar-refractivity contribution in [3.63, 3.8) is 0 Å². The molecule has 0 spiro atoms. The van der Waals surface area contributed by atoms with Gasteiger partial charge in [0.2, 0.25) is 10.0 Å². The van der Waals surface area contributed by atoms with Crippen molar-refractivity contribution < 1.29 is 8.42 Å². The predicted octanol–water partition coefficient (Wildman–Crippen LogP) is 2.63. The lowest BCUT2D eigenvalue weighted by Gasteiger charge is -2.26. The number of benzene rings is 1. The molecule has 1 aromatic heterocycles. The second-order valence-corrected chi connectivity index (χ2v) is 7.01. The Morgan fingerprint density at radius 3 is 2.52 bits per heavy atom. The average Bonchev–Trinajstić information content (AvgIpc) is 2.48. The van der Waals surface area contributed by atoms with Crippen molar-refractivity contribution in [3.8, 4) is 0 Å². The number of sulfonamides is 1. The second-order valence-electron chi connectivity index (χ2n) is 5.04. The van der Waals surface area contributed by atoms with Gasteiger partial charge in [0.1, 0.15) is 4.90 Å². The Labute approximate surface area is 125 Å². The molecule has 0 aliphatic carbocycles. The SMILES string of the molecule is CCC(CC)N(C)S(=O)(=O)c1ccc(N)c2cccnc12. The summed E-state index contributed by atoms with van der Waals surface area (Å²) in [5, 5.41) is 0.663. The lowest BCUT2D eigenvalue weighted by molar-refractivity contribution is 0.350.